The standard InChI is InChI=1S/C19H25N5O/c25-18(19-8-2-1-3-16(19)13-21-14-19)22-17-7-12-24(23-17)11-6-15-4-9-20-10-5-15/h4-5,7,9-10,12,16,21H,1-3,6,8,11,13-14H2,(H,22,23,25)/t16-,19+/m0/s1. The zero-order chi connectivity index (χ0) is 17.1. The van der Waals surface area contributed by atoms with Gasteiger partial charge in [0.1, 0.15) is 0 Å². The van der Waals surface area contributed by atoms with Gasteiger partial charge in [-0.25, -0.2) is 0 Å². The molecule has 2 aliphatic rings. The Bertz CT molecular complexity index is 728. The van der Waals surface area contributed by atoms with E-state index in [9.17, 15) is 4.79 Å². The molecule has 132 valence electrons. The third-order valence-corrected chi connectivity index (χ3v) is 5.75. The molecule has 3 heterocycles. The van der Waals surface area contributed by atoms with Gasteiger partial charge < -0.3 is 10.6 Å². The third kappa shape index (κ3) is 3.31. The molecule has 2 aromatic rings. The lowest BCUT2D eigenvalue weighted by atomic mass is 9.67. The summed E-state index contributed by atoms with van der Waals surface area (Å²) in [5.41, 5.74) is 0.996. The second-order valence-electron chi connectivity index (χ2n) is 7.25. The molecule has 2 atom stereocenters. The van der Waals surface area contributed by atoms with E-state index in [1.807, 2.05) is 29.1 Å². The fourth-order valence-electron chi connectivity index (χ4n) is 4.28. The van der Waals surface area contributed by atoms with Crippen LogP contribution in [0.4, 0.5) is 5.82 Å². The van der Waals surface area contributed by atoms with Gasteiger partial charge in [-0.15, -0.1) is 0 Å². The Labute approximate surface area is 148 Å². The van der Waals surface area contributed by atoms with Crippen molar-refractivity contribution in [2.75, 3.05) is 18.4 Å². The molecule has 0 unspecified atom stereocenters. The number of amides is 1. The van der Waals surface area contributed by atoms with Gasteiger partial charge in [0.05, 0.1) is 5.41 Å². The Morgan fingerprint density at radius 3 is 3.08 bits per heavy atom. The number of rotatable bonds is 5. The van der Waals surface area contributed by atoms with Crippen molar-refractivity contribution in [3.05, 3.63) is 42.4 Å². The molecule has 1 saturated carbocycles. The first kappa shape index (κ1) is 16.3. The first-order valence-corrected chi connectivity index (χ1v) is 9.21. The van der Waals surface area contributed by atoms with Gasteiger partial charge in [-0.3, -0.25) is 14.5 Å². The number of aryl methyl sites for hydroxylation is 2. The molecule has 2 aromatic heterocycles. The van der Waals surface area contributed by atoms with Crippen LogP contribution in [0.2, 0.25) is 0 Å². The van der Waals surface area contributed by atoms with Crippen LogP contribution in [0.25, 0.3) is 0 Å². The Morgan fingerprint density at radius 2 is 2.20 bits per heavy atom. The molecule has 2 fully saturated rings. The minimum Gasteiger partial charge on any atom is -0.315 e. The average molecular weight is 339 g/mol. The lowest BCUT2D eigenvalue weighted by molar-refractivity contribution is -0.128. The summed E-state index contributed by atoms with van der Waals surface area (Å²) < 4.78 is 1.89. The van der Waals surface area contributed by atoms with Crippen LogP contribution in [-0.2, 0) is 17.8 Å². The summed E-state index contributed by atoms with van der Waals surface area (Å²) in [6.45, 7) is 2.55. The maximum Gasteiger partial charge on any atom is 0.233 e. The number of hydrogen-bond acceptors (Lipinski definition) is 4. The molecule has 0 bridgehead atoms. The van der Waals surface area contributed by atoms with Crippen LogP contribution < -0.4 is 10.6 Å². The van der Waals surface area contributed by atoms with Crippen molar-refractivity contribution in [3.8, 4) is 0 Å². The number of hydrogen-bond donors (Lipinski definition) is 2. The fourth-order valence-corrected chi connectivity index (χ4v) is 4.28. The highest BCUT2D eigenvalue weighted by Crippen LogP contribution is 2.44. The molecule has 25 heavy (non-hydrogen) atoms. The molecule has 0 spiro atoms. The van der Waals surface area contributed by atoms with Crippen molar-refractivity contribution in [3.63, 3.8) is 0 Å². The van der Waals surface area contributed by atoms with Crippen LogP contribution in [0.15, 0.2) is 36.8 Å². The summed E-state index contributed by atoms with van der Waals surface area (Å²) in [7, 11) is 0. The smallest absolute Gasteiger partial charge is 0.233 e. The van der Waals surface area contributed by atoms with Gasteiger partial charge in [-0.2, -0.15) is 5.10 Å². The molecule has 1 aliphatic heterocycles. The van der Waals surface area contributed by atoms with E-state index < -0.39 is 0 Å². The summed E-state index contributed by atoms with van der Waals surface area (Å²) in [6.07, 6.45) is 11.0. The number of anilines is 1. The molecule has 1 saturated heterocycles. The van der Waals surface area contributed by atoms with E-state index >= 15 is 0 Å². The maximum absolute atomic E-state index is 13.0. The Morgan fingerprint density at radius 1 is 1.32 bits per heavy atom. The lowest BCUT2D eigenvalue weighted by Gasteiger charge is -2.36. The highest BCUT2D eigenvalue weighted by molar-refractivity contribution is 5.95. The van der Waals surface area contributed by atoms with E-state index in [1.54, 1.807) is 12.4 Å². The highest BCUT2D eigenvalue weighted by atomic mass is 16.2. The number of pyridine rings is 1. The summed E-state index contributed by atoms with van der Waals surface area (Å²) in [5.74, 6) is 1.27. The monoisotopic (exact) mass is 339 g/mol. The largest absolute Gasteiger partial charge is 0.315 e. The van der Waals surface area contributed by atoms with E-state index in [4.69, 9.17) is 0 Å². The van der Waals surface area contributed by atoms with Crippen molar-refractivity contribution >= 4 is 11.7 Å². The summed E-state index contributed by atoms with van der Waals surface area (Å²) in [6, 6.07) is 5.92. The normalized spacial score (nSPS) is 25.5. The first-order chi connectivity index (χ1) is 12.3. The lowest BCUT2D eigenvalue weighted by Crippen LogP contribution is -2.44. The number of aromatic nitrogens is 3. The van der Waals surface area contributed by atoms with Crippen LogP contribution in [0.3, 0.4) is 0 Å². The topological polar surface area (TPSA) is 71.8 Å². The number of nitrogens with zero attached hydrogens (tertiary/aromatic N) is 3. The van der Waals surface area contributed by atoms with E-state index in [2.05, 4.69) is 20.7 Å². The second-order valence-corrected chi connectivity index (χ2v) is 7.25. The molecule has 1 amide bonds. The molecule has 6 nitrogen and oxygen atoms in total. The number of carbonyl (C=O) groups excluding carboxylic acids is 1. The predicted octanol–water partition coefficient (Wildman–Crippen LogP) is 2.24. The third-order valence-electron chi connectivity index (χ3n) is 5.75. The number of nitrogens with one attached hydrogen (secondary N) is 2. The van der Waals surface area contributed by atoms with Crippen molar-refractivity contribution in [1.29, 1.82) is 0 Å². The van der Waals surface area contributed by atoms with Crippen LogP contribution in [0.1, 0.15) is 31.2 Å². The van der Waals surface area contributed by atoms with Gasteiger partial charge in [0.15, 0.2) is 5.82 Å². The van der Waals surface area contributed by atoms with Crippen LogP contribution in [0.5, 0.6) is 0 Å². The summed E-state index contributed by atoms with van der Waals surface area (Å²) in [4.78, 5) is 17.0. The molecule has 0 aromatic carbocycles. The van der Waals surface area contributed by atoms with Crippen LogP contribution >= 0.6 is 0 Å². The van der Waals surface area contributed by atoms with E-state index in [0.717, 1.165) is 45.3 Å². The molecular formula is C19H25N5O. The Kier molecular flexibility index (Phi) is 4.53. The minimum absolute atomic E-state index is 0.140. The van der Waals surface area contributed by atoms with Gasteiger partial charge in [0, 0.05) is 37.7 Å². The summed E-state index contributed by atoms with van der Waals surface area (Å²) in [5, 5.41) is 11.0. The van der Waals surface area contributed by atoms with Gasteiger partial charge in [0.25, 0.3) is 0 Å². The fraction of sp³-hybridized carbons (Fsp3) is 0.526. The quantitative estimate of drug-likeness (QED) is 0.876. The van der Waals surface area contributed by atoms with E-state index in [0.29, 0.717) is 11.7 Å². The Balaban J connectivity index is 1.38. The molecule has 0 radical (unpaired) electrons. The minimum atomic E-state index is -0.237. The second kappa shape index (κ2) is 6.96. The predicted molar refractivity (Wildman–Crippen MR) is 96.1 cm³/mol. The summed E-state index contributed by atoms with van der Waals surface area (Å²) >= 11 is 0. The van der Waals surface area contributed by atoms with Crippen LogP contribution in [0, 0.1) is 11.3 Å². The van der Waals surface area contributed by atoms with Crippen molar-refractivity contribution in [1.82, 2.24) is 20.1 Å². The van der Waals surface area contributed by atoms with E-state index in [1.165, 1.54) is 12.0 Å². The molecular weight excluding hydrogens is 314 g/mol. The van der Waals surface area contributed by atoms with Gasteiger partial charge in [0.2, 0.25) is 5.91 Å². The van der Waals surface area contributed by atoms with Crippen molar-refractivity contribution in [2.45, 2.75) is 38.6 Å². The molecule has 4 rings (SSSR count). The van der Waals surface area contributed by atoms with Gasteiger partial charge in [-0.05, 0) is 49.4 Å². The molecule has 1 aliphatic carbocycles. The average Bonchev–Trinajstić information content (AvgIpc) is 3.28. The highest BCUT2D eigenvalue weighted by Gasteiger charge is 2.49. The van der Waals surface area contributed by atoms with Crippen LogP contribution in [-0.4, -0.2) is 33.8 Å². The van der Waals surface area contributed by atoms with Crippen molar-refractivity contribution in [2.24, 2.45) is 11.3 Å². The zero-order valence-corrected chi connectivity index (χ0v) is 14.4. The van der Waals surface area contributed by atoms with Gasteiger partial charge in [-0.1, -0.05) is 12.8 Å². The first-order valence-electron chi connectivity index (χ1n) is 9.21. The van der Waals surface area contributed by atoms with E-state index in [-0.39, 0.29) is 11.3 Å². The SMILES string of the molecule is O=C(Nc1ccn(CCc2ccncc2)n1)[C@@]12CCCC[C@H]1CNC2. The molecule has 2 N–H and O–H groups in total. The Hall–Kier alpha value is -2.21. The zero-order valence-electron chi connectivity index (χ0n) is 14.4. The van der Waals surface area contributed by atoms with Gasteiger partial charge >= 0.3 is 0 Å². The van der Waals surface area contributed by atoms with Crippen molar-refractivity contribution < 1.29 is 4.79 Å². The number of fused-ring (bicyclic) bond motifs is 1. The molecule has 6 heteroatoms. The maximum atomic E-state index is 13.0. The number of carbonyl (C=O) groups is 1.